The van der Waals surface area contributed by atoms with Crippen molar-refractivity contribution >= 4 is 29.9 Å². The van der Waals surface area contributed by atoms with Crippen molar-refractivity contribution in [1.29, 1.82) is 0 Å². The number of hydrogen-bond donors (Lipinski definition) is 1. The largest absolute Gasteiger partial charge is 0.382 e. The Labute approximate surface area is 152 Å². The lowest BCUT2D eigenvalue weighted by Crippen LogP contribution is -2.41. The van der Waals surface area contributed by atoms with Crippen LogP contribution in [-0.2, 0) is 14.2 Å². The Morgan fingerprint density at radius 2 is 2.00 bits per heavy atom. The third-order valence-electron chi connectivity index (χ3n) is 3.75. The molecule has 1 saturated heterocycles. The molecule has 1 fully saturated rings. The van der Waals surface area contributed by atoms with Crippen LogP contribution in [0, 0.1) is 5.92 Å². The van der Waals surface area contributed by atoms with Crippen molar-refractivity contribution < 1.29 is 14.2 Å². The molecular formula is C15H32IN3O3. The van der Waals surface area contributed by atoms with E-state index in [1.165, 1.54) is 19.3 Å². The molecule has 7 heteroatoms. The number of rotatable bonds is 9. The average molecular weight is 429 g/mol. The molecule has 22 heavy (non-hydrogen) atoms. The Kier molecular flexibility index (Phi) is 14.4. The first-order valence-corrected chi connectivity index (χ1v) is 7.84. The van der Waals surface area contributed by atoms with Crippen LogP contribution in [0.15, 0.2) is 4.99 Å². The van der Waals surface area contributed by atoms with Gasteiger partial charge in [-0.2, -0.15) is 0 Å². The topological polar surface area (TPSA) is 55.3 Å². The lowest BCUT2D eigenvalue weighted by atomic mass is 9.96. The molecule has 0 unspecified atom stereocenters. The number of aliphatic imine (C=N–C) groups is 1. The van der Waals surface area contributed by atoms with Crippen LogP contribution >= 0.6 is 24.0 Å². The third kappa shape index (κ3) is 9.81. The van der Waals surface area contributed by atoms with Crippen LogP contribution < -0.4 is 5.32 Å². The number of methoxy groups -OCH3 is 1. The first-order chi connectivity index (χ1) is 10.3. The molecule has 6 nitrogen and oxygen atoms in total. The number of guanidine groups is 1. The number of hydrogen-bond acceptors (Lipinski definition) is 4. The van der Waals surface area contributed by atoms with Crippen molar-refractivity contribution in [3.63, 3.8) is 0 Å². The van der Waals surface area contributed by atoms with E-state index in [0.29, 0.717) is 19.8 Å². The van der Waals surface area contributed by atoms with Crippen molar-refractivity contribution in [3.8, 4) is 0 Å². The zero-order chi connectivity index (χ0) is 15.3. The zero-order valence-corrected chi connectivity index (χ0v) is 16.5. The molecule has 0 aromatic carbocycles. The molecule has 1 rings (SSSR count). The molecule has 0 radical (unpaired) electrons. The maximum absolute atomic E-state index is 5.43. The predicted molar refractivity (Wildman–Crippen MR) is 100 cm³/mol. The van der Waals surface area contributed by atoms with Crippen molar-refractivity contribution in [2.24, 2.45) is 10.9 Å². The number of nitrogens with one attached hydrogen (secondary N) is 1. The van der Waals surface area contributed by atoms with Gasteiger partial charge < -0.3 is 24.4 Å². The minimum atomic E-state index is 0. The van der Waals surface area contributed by atoms with Crippen molar-refractivity contribution in [1.82, 2.24) is 10.2 Å². The molecule has 0 spiro atoms. The summed E-state index contributed by atoms with van der Waals surface area (Å²) >= 11 is 0. The third-order valence-corrected chi connectivity index (χ3v) is 3.75. The molecule has 0 aromatic heterocycles. The van der Waals surface area contributed by atoms with Crippen molar-refractivity contribution in [2.45, 2.75) is 19.3 Å². The van der Waals surface area contributed by atoms with Crippen LogP contribution in [0.1, 0.15) is 19.3 Å². The zero-order valence-electron chi connectivity index (χ0n) is 14.2. The second-order valence-electron chi connectivity index (χ2n) is 5.35. The standard InChI is InChI=1S/C15H31N3O3.HI/c1-16-15(17-7-11-21-13-12-19-3)18(2)8-4-14-5-9-20-10-6-14;/h14H,4-13H2,1-3H3,(H,16,17);1H. The summed E-state index contributed by atoms with van der Waals surface area (Å²) in [5, 5.41) is 3.32. The summed E-state index contributed by atoms with van der Waals surface area (Å²) in [5.74, 6) is 1.72. The Morgan fingerprint density at radius 1 is 1.27 bits per heavy atom. The highest BCUT2D eigenvalue weighted by Crippen LogP contribution is 2.18. The molecule has 0 amide bonds. The average Bonchev–Trinajstić information content (AvgIpc) is 2.53. The van der Waals surface area contributed by atoms with Crippen LogP contribution in [0.25, 0.3) is 0 Å². The van der Waals surface area contributed by atoms with Crippen molar-refractivity contribution in [2.75, 3.05) is 67.3 Å². The first kappa shape index (κ1) is 21.9. The fraction of sp³-hybridized carbons (Fsp3) is 0.933. The second-order valence-corrected chi connectivity index (χ2v) is 5.35. The summed E-state index contributed by atoms with van der Waals surface area (Å²) in [6.07, 6.45) is 3.57. The molecule has 0 atom stereocenters. The summed E-state index contributed by atoms with van der Waals surface area (Å²) in [4.78, 5) is 6.50. The SMILES string of the molecule is CN=C(NCCOCCOC)N(C)CCC1CCOCC1.I. The van der Waals surface area contributed by atoms with E-state index in [-0.39, 0.29) is 24.0 Å². The Balaban J connectivity index is 0.00000441. The lowest BCUT2D eigenvalue weighted by molar-refractivity contribution is 0.0624. The highest BCUT2D eigenvalue weighted by Gasteiger charge is 2.15. The van der Waals surface area contributed by atoms with Crippen LogP contribution in [0.2, 0.25) is 0 Å². The molecule has 1 N–H and O–H groups in total. The lowest BCUT2D eigenvalue weighted by Gasteiger charge is -2.26. The van der Waals surface area contributed by atoms with Gasteiger partial charge in [0.05, 0.1) is 19.8 Å². The molecule has 1 aliphatic heterocycles. The summed E-state index contributed by atoms with van der Waals surface area (Å²) in [7, 11) is 5.58. The van der Waals surface area contributed by atoms with Crippen LogP contribution in [0.4, 0.5) is 0 Å². The summed E-state index contributed by atoms with van der Waals surface area (Å²) in [6, 6.07) is 0. The number of nitrogens with zero attached hydrogens (tertiary/aromatic N) is 2. The van der Waals surface area contributed by atoms with E-state index in [2.05, 4.69) is 22.3 Å². The fourth-order valence-corrected chi connectivity index (χ4v) is 2.38. The highest BCUT2D eigenvalue weighted by atomic mass is 127. The number of ether oxygens (including phenoxy) is 3. The van der Waals surface area contributed by atoms with E-state index in [1.54, 1.807) is 7.11 Å². The first-order valence-electron chi connectivity index (χ1n) is 7.84. The van der Waals surface area contributed by atoms with Gasteiger partial charge in [-0.1, -0.05) is 0 Å². The van der Waals surface area contributed by atoms with Gasteiger partial charge in [0, 0.05) is 47.5 Å². The van der Waals surface area contributed by atoms with E-state index in [9.17, 15) is 0 Å². The Bertz CT molecular complexity index is 287. The van der Waals surface area contributed by atoms with E-state index in [0.717, 1.165) is 38.2 Å². The molecule has 0 aliphatic carbocycles. The Hall–Kier alpha value is -0.120. The summed E-state index contributed by atoms with van der Waals surface area (Å²) in [6.45, 7) is 5.56. The van der Waals surface area contributed by atoms with E-state index < -0.39 is 0 Å². The normalized spacial score (nSPS) is 16.2. The smallest absolute Gasteiger partial charge is 0.193 e. The number of halogens is 1. The van der Waals surface area contributed by atoms with E-state index in [4.69, 9.17) is 14.2 Å². The minimum Gasteiger partial charge on any atom is -0.382 e. The van der Waals surface area contributed by atoms with Gasteiger partial charge in [0.15, 0.2) is 5.96 Å². The van der Waals surface area contributed by atoms with Gasteiger partial charge in [0.25, 0.3) is 0 Å². The van der Waals surface area contributed by atoms with Gasteiger partial charge in [-0.15, -0.1) is 24.0 Å². The quantitative estimate of drug-likeness (QED) is 0.261. The molecule has 0 aromatic rings. The van der Waals surface area contributed by atoms with Gasteiger partial charge >= 0.3 is 0 Å². The van der Waals surface area contributed by atoms with Crippen LogP contribution in [0.3, 0.4) is 0 Å². The minimum absolute atomic E-state index is 0. The summed E-state index contributed by atoms with van der Waals surface area (Å²) < 4.78 is 15.8. The molecular weight excluding hydrogens is 397 g/mol. The highest BCUT2D eigenvalue weighted by molar-refractivity contribution is 14.0. The van der Waals surface area contributed by atoms with Crippen LogP contribution in [-0.4, -0.2) is 78.2 Å². The summed E-state index contributed by atoms with van der Waals surface area (Å²) in [5.41, 5.74) is 0. The molecule has 132 valence electrons. The van der Waals surface area contributed by atoms with Gasteiger partial charge in [0.1, 0.15) is 0 Å². The molecule has 1 aliphatic rings. The maximum atomic E-state index is 5.43. The van der Waals surface area contributed by atoms with Gasteiger partial charge in [-0.05, 0) is 25.2 Å². The fourth-order valence-electron chi connectivity index (χ4n) is 2.38. The molecule has 0 bridgehead atoms. The van der Waals surface area contributed by atoms with Gasteiger partial charge in [0.2, 0.25) is 0 Å². The van der Waals surface area contributed by atoms with Crippen LogP contribution in [0.5, 0.6) is 0 Å². The molecule has 1 heterocycles. The van der Waals surface area contributed by atoms with E-state index >= 15 is 0 Å². The Morgan fingerprint density at radius 3 is 2.64 bits per heavy atom. The van der Waals surface area contributed by atoms with E-state index in [1.807, 2.05) is 7.05 Å². The molecule has 0 saturated carbocycles. The van der Waals surface area contributed by atoms with Gasteiger partial charge in [-0.25, -0.2) is 0 Å². The monoisotopic (exact) mass is 429 g/mol. The maximum Gasteiger partial charge on any atom is 0.193 e. The van der Waals surface area contributed by atoms with Crippen molar-refractivity contribution in [3.05, 3.63) is 0 Å². The predicted octanol–water partition coefficient (Wildman–Crippen LogP) is 1.59. The second kappa shape index (κ2) is 14.5. The van der Waals surface area contributed by atoms with Gasteiger partial charge in [-0.3, -0.25) is 4.99 Å².